The van der Waals surface area contributed by atoms with E-state index in [1.165, 1.54) is 24.4 Å². The van der Waals surface area contributed by atoms with Crippen molar-refractivity contribution in [3.63, 3.8) is 0 Å². The molecule has 0 aliphatic rings. The summed E-state index contributed by atoms with van der Waals surface area (Å²) in [6, 6.07) is 12.9. The molecule has 0 unspecified atom stereocenters. The van der Waals surface area contributed by atoms with Crippen LogP contribution in [-0.4, -0.2) is 23.6 Å². The number of nitro groups is 1. The summed E-state index contributed by atoms with van der Waals surface area (Å²) in [7, 11) is 1.59. The van der Waals surface area contributed by atoms with Gasteiger partial charge in [0.05, 0.1) is 24.2 Å². The van der Waals surface area contributed by atoms with E-state index in [2.05, 4.69) is 11.9 Å². The minimum atomic E-state index is -0.508. The van der Waals surface area contributed by atoms with Crippen molar-refractivity contribution in [3.8, 4) is 22.9 Å². The lowest BCUT2D eigenvalue weighted by Crippen LogP contribution is -2.33. The number of nitro benzene ring substituents is 1. The summed E-state index contributed by atoms with van der Waals surface area (Å²) in [5.41, 5.74) is 1.45. The molecule has 3 rings (SSSR count). The summed E-state index contributed by atoms with van der Waals surface area (Å²) in [6.45, 7) is 2.69. The maximum absolute atomic E-state index is 12.8. The smallest absolute Gasteiger partial charge is 0.333 e. The predicted octanol–water partition coefficient (Wildman–Crippen LogP) is 4.65. The number of aromatic nitrogens is 2. The normalized spacial score (nSPS) is 10.9. The third-order valence-electron chi connectivity index (χ3n) is 4.57. The first-order valence-corrected chi connectivity index (χ1v) is 9.85. The molecule has 0 amide bonds. The highest BCUT2D eigenvalue weighted by Crippen LogP contribution is 2.29. The van der Waals surface area contributed by atoms with Crippen molar-refractivity contribution in [1.82, 2.24) is 4.98 Å². The third-order valence-corrected chi connectivity index (χ3v) is 4.57. The molecule has 0 N–H and O–H groups in total. The highest BCUT2D eigenvalue weighted by Gasteiger charge is 2.16. The van der Waals surface area contributed by atoms with E-state index in [0.717, 1.165) is 18.4 Å². The molecular formula is C23H23N3O5. The summed E-state index contributed by atoms with van der Waals surface area (Å²) in [5, 5.41) is 23.8. The van der Waals surface area contributed by atoms with E-state index in [1.807, 2.05) is 18.2 Å². The molecule has 0 spiro atoms. The fourth-order valence-electron chi connectivity index (χ4n) is 2.92. The topological polar surface area (TPSA) is 101 Å². The minimum absolute atomic E-state index is 0.0872. The minimum Gasteiger partial charge on any atom is -0.710 e. The van der Waals surface area contributed by atoms with Gasteiger partial charge < -0.3 is 14.7 Å². The Balaban J connectivity index is 1.88. The largest absolute Gasteiger partial charge is 0.710 e. The average Bonchev–Trinajstić information content (AvgIpc) is 2.79. The lowest BCUT2D eigenvalue weighted by atomic mass is 10.1. The molecule has 0 saturated heterocycles. The van der Waals surface area contributed by atoms with Gasteiger partial charge in [0, 0.05) is 18.2 Å². The van der Waals surface area contributed by atoms with Gasteiger partial charge in [-0.05, 0) is 41.2 Å². The molecule has 2 aromatic carbocycles. The zero-order chi connectivity index (χ0) is 22.2. The van der Waals surface area contributed by atoms with E-state index in [1.54, 1.807) is 31.4 Å². The molecule has 1 heterocycles. The second-order valence-corrected chi connectivity index (χ2v) is 6.74. The van der Waals surface area contributed by atoms with E-state index in [-0.39, 0.29) is 11.5 Å². The molecule has 0 aliphatic carbocycles. The molecule has 31 heavy (non-hydrogen) atoms. The Morgan fingerprint density at radius 2 is 1.97 bits per heavy atom. The van der Waals surface area contributed by atoms with Gasteiger partial charge in [-0.3, -0.25) is 10.1 Å². The predicted molar refractivity (Wildman–Crippen MR) is 118 cm³/mol. The van der Waals surface area contributed by atoms with Gasteiger partial charge in [-0.25, -0.2) is 4.73 Å². The van der Waals surface area contributed by atoms with Crippen molar-refractivity contribution in [3.05, 3.63) is 81.3 Å². The van der Waals surface area contributed by atoms with Crippen molar-refractivity contribution in [2.45, 2.75) is 19.8 Å². The molecule has 8 nitrogen and oxygen atoms in total. The maximum atomic E-state index is 12.8. The molecule has 8 heteroatoms. The van der Waals surface area contributed by atoms with Crippen molar-refractivity contribution >= 4 is 17.8 Å². The fourth-order valence-corrected chi connectivity index (χ4v) is 2.92. The number of non-ortho nitro benzene ring substituents is 1. The molecule has 0 aliphatic heterocycles. The lowest BCUT2D eigenvalue weighted by Gasteiger charge is -2.11. The Hall–Kier alpha value is -3.94. The number of ether oxygens (including phenoxy) is 2. The van der Waals surface area contributed by atoms with Gasteiger partial charge in [0.1, 0.15) is 11.9 Å². The van der Waals surface area contributed by atoms with Crippen LogP contribution in [0.2, 0.25) is 0 Å². The van der Waals surface area contributed by atoms with Crippen LogP contribution in [0.5, 0.6) is 11.5 Å². The Labute approximate surface area is 180 Å². The highest BCUT2D eigenvalue weighted by molar-refractivity contribution is 5.69. The number of methoxy groups -OCH3 is 1. The zero-order valence-electron chi connectivity index (χ0n) is 17.4. The monoisotopic (exact) mass is 421 g/mol. The molecule has 0 atom stereocenters. The summed E-state index contributed by atoms with van der Waals surface area (Å²) in [4.78, 5) is 14.6. The second kappa shape index (κ2) is 10.2. The number of benzene rings is 2. The second-order valence-electron chi connectivity index (χ2n) is 6.74. The van der Waals surface area contributed by atoms with E-state index in [9.17, 15) is 15.3 Å². The molecule has 0 saturated carbocycles. The SMILES string of the molecule is CCCCOc1cc(/C=C/c2ccnc(-c3cccc([N+](=O)[O-])c3)[n+]2[O-])ccc1OC. The standard InChI is InChI=1S/C23H23N3O5/c1-3-4-14-31-22-15-17(9-11-21(22)30-2)8-10-19-12-13-24-23(25(19)27)18-6-5-7-20(16-18)26(28)29/h5-13,15-16H,3-4,14H2,1-2H3/b10-8+. The summed E-state index contributed by atoms with van der Waals surface area (Å²) < 4.78 is 11.8. The van der Waals surface area contributed by atoms with Crippen molar-refractivity contribution in [2.75, 3.05) is 13.7 Å². The van der Waals surface area contributed by atoms with Gasteiger partial charge in [0.25, 0.3) is 5.69 Å². The van der Waals surface area contributed by atoms with Crippen LogP contribution >= 0.6 is 0 Å². The maximum Gasteiger partial charge on any atom is 0.333 e. The molecule has 3 aromatic rings. The number of nitrogens with zero attached hydrogens (tertiary/aromatic N) is 3. The zero-order valence-corrected chi connectivity index (χ0v) is 17.4. The Kier molecular flexibility index (Phi) is 7.16. The van der Waals surface area contributed by atoms with Gasteiger partial charge in [-0.2, -0.15) is 0 Å². The molecule has 0 bridgehead atoms. The van der Waals surface area contributed by atoms with E-state index < -0.39 is 4.92 Å². The molecule has 0 radical (unpaired) electrons. The lowest BCUT2D eigenvalue weighted by molar-refractivity contribution is -0.598. The van der Waals surface area contributed by atoms with Crippen molar-refractivity contribution in [2.24, 2.45) is 0 Å². The van der Waals surface area contributed by atoms with Crippen molar-refractivity contribution in [1.29, 1.82) is 0 Å². The first kappa shape index (κ1) is 21.8. The van der Waals surface area contributed by atoms with Gasteiger partial charge in [0.2, 0.25) is 0 Å². The number of hydrogen-bond acceptors (Lipinski definition) is 6. The summed E-state index contributed by atoms with van der Waals surface area (Å²) >= 11 is 0. The van der Waals surface area contributed by atoms with Crippen LogP contribution in [0.3, 0.4) is 0 Å². The fraction of sp³-hybridized carbons (Fsp3) is 0.217. The Bertz CT molecular complexity index is 1100. The molecular weight excluding hydrogens is 398 g/mol. The van der Waals surface area contributed by atoms with Crippen LogP contribution in [0, 0.1) is 15.3 Å². The van der Waals surface area contributed by atoms with Crippen LogP contribution in [-0.2, 0) is 0 Å². The number of hydrogen-bond donors (Lipinski definition) is 0. The van der Waals surface area contributed by atoms with Crippen LogP contribution in [0.25, 0.3) is 23.5 Å². The molecule has 1 aromatic heterocycles. The van der Waals surface area contributed by atoms with Gasteiger partial charge in [0.15, 0.2) is 11.5 Å². The van der Waals surface area contributed by atoms with Crippen LogP contribution in [0.4, 0.5) is 5.69 Å². The summed E-state index contributed by atoms with van der Waals surface area (Å²) in [6.07, 6.45) is 6.91. The average molecular weight is 421 g/mol. The first-order chi connectivity index (χ1) is 15.0. The summed E-state index contributed by atoms with van der Waals surface area (Å²) in [5.74, 6) is 1.37. The Morgan fingerprint density at radius 1 is 1.13 bits per heavy atom. The third kappa shape index (κ3) is 5.36. The quantitative estimate of drug-likeness (QED) is 0.164. The van der Waals surface area contributed by atoms with Crippen LogP contribution in [0.1, 0.15) is 31.0 Å². The van der Waals surface area contributed by atoms with Gasteiger partial charge in [-0.1, -0.05) is 31.6 Å². The van der Waals surface area contributed by atoms with Gasteiger partial charge in [-0.15, -0.1) is 0 Å². The van der Waals surface area contributed by atoms with E-state index >= 15 is 0 Å². The number of rotatable bonds is 9. The van der Waals surface area contributed by atoms with Crippen molar-refractivity contribution < 1.29 is 19.1 Å². The van der Waals surface area contributed by atoms with Crippen LogP contribution < -0.4 is 14.2 Å². The Morgan fingerprint density at radius 3 is 2.71 bits per heavy atom. The van der Waals surface area contributed by atoms with Gasteiger partial charge >= 0.3 is 5.82 Å². The number of unbranched alkanes of at least 4 members (excludes halogenated alkanes) is 1. The van der Waals surface area contributed by atoms with E-state index in [0.29, 0.717) is 34.1 Å². The van der Waals surface area contributed by atoms with E-state index in [4.69, 9.17) is 9.47 Å². The molecule has 160 valence electrons. The highest BCUT2D eigenvalue weighted by atomic mass is 16.6. The molecule has 0 fully saturated rings. The first-order valence-electron chi connectivity index (χ1n) is 9.85. The van der Waals surface area contributed by atoms with Crippen LogP contribution in [0.15, 0.2) is 54.7 Å².